The molecule has 4 heteroatoms. The summed E-state index contributed by atoms with van der Waals surface area (Å²) in [6.07, 6.45) is 0. The van der Waals surface area contributed by atoms with Crippen LogP contribution in [0.4, 0.5) is 0 Å². The molecular formula is H8GaGdGeNa. The van der Waals surface area contributed by atoms with Gasteiger partial charge in [-0.3, -0.25) is 0 Å². The Bertz CT molecular complexity index is 8.00. The van der Waals surface area contributed by atoms with Crippen molar-refractivity contribution < 1.29 is 39.9 Å². The molecule has 0 aromatic rings. The van der Waals surface area contributed by atoms with E-state index in [0.29, 0.717) is 0 Å². The summed E-state index contributed by atoms with van der Waals surface area (Å²) >= 11 is 0. The zero-order valence-corrected chi connectivity index (χ0v) is 2.62. The normalized spacial score (nSPS) is 0. The Morgan fingerprint density at radius 2 is 1.00 bits per heavy atom. The van der Waals surface area contributed by atoms with Gasteiger partial charge in [-0.15, -0.1) is 0 Å². The third-order valence-electron chi connectivity index (χ3n) is 0. The Morgan fingerprint density at radius 3 is 1.00 bits per heavy atom. The van der Waals surface area contributed by atoms with Crippen LogP contribution in [-0.4, -0.2) is 66.9 Å². The van der Waals surface area contributed by atoms with E-state index in [1.807, 2.05) is 0 Å². The van der Waals surface area contributed by atoms with Gasteiger partial charge in [0.25, 0.3) is 0 Å². The molecule has 0 heterocycles. The molecule has 0 atom stereocenters. The molecule has 24 valence electrons. The maximum absolute atomic E-state index is 0. The second-order valence-corrected chi connectivity index (χ2v) is 0. The van der Waals surface area contributed by atoms with Crippen molar-refractivity contribution in [3.63, 3.8) is 0 Å². The maximum atomic E-state index is 0. The predicted molar refractivity (Wildman–Crippen MR) is 28.4 cm³/mol. The average molecular weight is 331 g/mol. The van der Waals surface area contributed by atoms with Crippen LogP contribution < -0.4 is 0 Å². The van der Waals surface area contributed by atoms with Crippen molar-refractivity contribution in [1.29, 1.82) is 0 Å². The van der Waals surface area contributed by atoms with Gasteiger partial charge in [0, 0.05) is 39.9 Å². The molecule has 0 saturated carbocycles. The van der Waals surface area contributed by atoms with Crippen molar-refractivity contribution in [1.82, 2.24) is 0 Å². The van der Waals surface area contributed by atoms with Gasteiger partial charge in [0.05, 0.1) is 0 Å². The van der Waals surface area contributed by atoms with Gasteiger partial charge in [0.2, 0.25) is 0 Å². The van der Waals surface area contributed by atoms with Gasteiger partial charge in [-0.25, -0.2) is 0 Å². The first-order chi connectivity index (χ1) is 0. The molecule has 0 amide bonds. The summed E-state index contributed by atoms with van der Waals surface area (Å²) in [5.41, 5.74) is 0. The van der Waals surface area contributed by atoms with Crippen LogP contribution in [0.25, 0.3) is 0 Å². The summed E-state index contributed by atoms with van der Waals surface area (Å²) in [6.45, 7) is 0. The predicted octanol–water partition coefficient (Wildman–Crippen LogP) is -3.28. The van der Waals surface area contributed by atoms with E-state index in [2.05, 4.69) is 0 Å². The number of hydrogen-bond donors (Lipinski definition) is 0. The topological polar surface area (TPSA) is 0 Å². The zero-order valence-electron chi connectivity index (χ0n) is 0.354. The summed E-state index contributed by atoms with van der Waals surface area (Å²) in [7, 11) is 0. The minimum atomic E-state index is 0. The van der Waals surface area contributed by atoms with Crippen LogP contribution in [0.2, 0.25) is 0 Å². The summed E-state index contributed by atoms with van der Waals surface area (Å²) in [5, 5.41) is 0. The van der Waals surface area contributed by atoms with Gasteiger partial charge >= 0.3 is 66.9 Å². The van der Waals surface area contributed by atoms with Gasteiger partial charge in [0.15, 0.2) is 0 Å². The molecule has 0 rings (SSSR count). The summed E-state index contributed by atoms with van der Waals surface area (Å²) in [5.74, 6) is 0. The third-order valence-corrected chi connectivity index (χ3v) is 0. The van der Waals surface area contributed by atoms with Crippen LogP contribution in [0.5, 0.6) is 0 Å². The molecule has 0 N–H and O–H groups in total. The second kappa shape index (κ2) is 16.0. The minimum absolute atomic E-state index is 0. The van der Waals surface area contributed by atoms with Gasteiger partial charge in [-0.05, 0) is 0 Å². The van der Waals surface area contributed by atoms with Crippen LogP contribution in [0.15, 0.2) is 0 Å². The van der Waals surface area contributed by atoms with E-state index in [1.165, 1.54) is 0 Å². The molecule has 0 saturated heterocycles. The number of hydrogen-bond acceptors (Lipinski definition) is 0. The molecule has 0 fully saturated rings. The summed E-state index contributed by atoms with van der Waals surface area (Å²) in [6, 6.07) is 0. The molecule has 0 radical (unpaired) electrons. The van der Waals surface area contributed by atoms with Crippen molar-refractivity contribution in [2.45, 2.75) is 0 Å². The zero-order chi connectivity index (χ0) is 0. The SMILES string of the molecule is [GaH3].[Gd].[GeH4].[NaH]. The molecule has 0 aromatic carbocycles. The molecule has 0 spiro atoms. The molecule has 0 aliphatic heterocycles. The van der Waals surface area contributed by atoms with Gasteiger partial charge in [0.1, 0.15) is 0 Å². The van der Waals surface area contributed by atoms with Crippen LogP contribution in [0.1, 0.15) is 0 Å². The van der Waals surface area contributed by atoms with Gasteiger partial charge < -0.3 is 0 Å². The summed E-state index contributed by atoms with van der Waals surface area (Å²) < 4.78 is 0. The van der Waals surface area contributed by atoms with Crippen molar-refractivity contribution in [2.24, 2.45) is 0 Å². The monoisotopic (exact) mass is 332 g/mol. The Kier molecular flexibility index (Phi) is 104. The first-order valence-corrected chi connectivity index (χ1v) is 0. The molecule has 0 aliphatic carbocycles. The fraction of sp³-hybridized carbons (Fsp3) is 0. The van der Waals surface area contributed by atoms with Gasteiger partial charge in [-0.1, -0.05) is 0 Å². The van der Waals surface area contributed by atoms with E-state index in [4.69, 9.17) is 0 Å². The van der Waals surface area contributed by atoms with E-state index in [1.54, 1.807) is 0 Å². The van der Waals surface area contributed by atoms with Crippen molar-refractivity contribution >= 4 is 66.9 Å². The molecule has 0 bridgehead atoms. The van der Waals surface area contributed by atoms with Crippen molar-refractivity contribution in [3.8, 4) is 0 Å². The Morgan fingerprint density at radius 1 is 1.00 bits per heavy atom. The first-order valence-electron chi connectivity index (χ1n) is 0. The van der Waals surface area contributed by atoms with Crippen molar-refractivity contribution in [3.05, 3.63) is 0 Å². The first kappa shape index (κ1) is 25.9. The quantitative estimate of drug-likeness (QED) is 0.409. The summed E-state index contributed by atoms with van der Waals surface area (Å²) in [4.78, 5) is 0. The Balaban J connectivity index is 0. The molecule has 0 aliphatic rings. The van der Waals surface area contributed by atoms with E-state index < -0.39 is 0 Å². The molecule has 0 unspecified atom stereocenters. The second-order valence-electron chi connectivity index (χ2n) is 0. The van der Waals surface area contributed by atoms with Crippen LogP contribution in [0.3, 0.4) is 0 Å². The average Bonchev–Trinajstić information content (AvgIpc) is 0. The van der Waals surface area contributed by atoms with E-state index in [9.17, 15) is 0 Å². The molecule has 0 aromatic heterocycles. The molecular weight excluding hydrogens is 323 g/mol. The van der Waals surface area contributed by atoms with Crippen LogP contribution >= 0.6 is 0 Å². The Hall–Kier alpha value is 3.50. The third kappa shape index (κ3) is 9.09. The molecule has 4 heavy (non-hydrogen) atoms. The van der Waals surface area contributed by atoms with E-state index >= 15 is 0 Å². The van der Waals surface area contributed by atoms with E-state index in [0.717, 1.165) is 0 Å². The standard InChI is InChI=1S/Ga.Gd.GeH4.Na.4H/h;;1H4;;;;;. The fourth-order valence-corrected chi connectivity index (χ4v) is 0. The molecule has 0 nitrogen and oxygen atoms in total. The number of rotatable bonds is 0. The van der Waals surface area contributed by atoms with Crippen molar-refractivity contribution in [2.75, 3.05) is 0 Å². The Labute approximate surface area is 104 Å². The van der Waals surface area contributed by atoms with Gasteiger partial charge in [-0.2, -0.15) is 0 Å². The van der Waals surface area contributed by atoms with E-state index in [-0.39, 0.29) is 107 Å². The fourth-order valence-electron chi connectivity index (χ4n) is 0. The van der Waals surface area contributed by atoms with Crippen LogP contribution in [0, 0.1) is 39.9 Å². The van der Waals surface area contributed by atoms with Crippen LogP contribution in [-0.2, 0) is 0 Å².